The molecule has 0 radical (unpaired) electrons. The number of nitrogens with zero attached hydrogens (tertiary/aromatic N) is 1. The fraction of sp³-hybridized carbons (Fsp3) is 0.208. The van der Waals surface area contributed by atoms with Gasteiger partial charge in [-0.25, -0.2) is 4.79 Å². The van der Waals surface area contributed by atoms with Crippen molar-refractivity contribution in [3.63, 3.8) is 0 Å². The Kier molecular flexibility index (Phi) is 7.92. The van der Waals surface area contributed by atoms with Crippen LogP contribution in [0.2, 0.25) is 0 Å². The van der Waals surface area contributed by atoms with Crippen LogP contribution in [0.15, 0.2) is 46.1 Å². The minimum absolute atomic E-state index is 0.336. The summed E-state index contributed by atoms with van der Waals surface area (Å²) in [5.74, 6) is 0.0640. The third-order valence-corrected chi connectivity index (χ3v) is 4.93. The molecule has 184 valence electrons. The number of amides is 1. The van der Waals surface area contributed by atoms with E-state index in [9.17, 15) is 18.8 Å². The number of hydrogen-bond acceptors (Lipinski definition) is 7. The first-order valence-electron chi connectivity index (χ1n) is 10.2. The molecule has 0 aliphatic rings. The van der Waals surface area contributed by atoms with E-state index in [-0.39, 0.29) is 0 Å². The third kappa shape index (κ3) is 5.88. The Hall–Kier alpha value is -4.54. The van der Waals surface area contributed by atoms with Gasteiger partial charge in [-0.05, 0) is 35.4 Å². The van der Waals surface area contributed by atoms with Crippen molar-refractivity contribution in [2.45, 2.75) is 6.54 Å². The zero-order valence-corrected chi connectivity index (χ0v) is 19.5. The Balaban J connectivity index is 1.84. The van der Waals surface area contributed by atoms with Crippen LogP contribution in [-0.2, 0) is 11.3 Å². The lowest BCUT2D eigenvalue weighted by atomic mass is 10.1. The van der Waals surface area contributed by atoms with Crippen molar-refractivity contribution in [2.75, 3.05) is 33.8 Å². The number of benzene rings is 2. The highest BCUT2D eigenvalue weighted by Gasteiger charge is 2.13. The maximum atomic E-state index is 13.5. The highest BCUT2D eigenvalue weighted by atomic mass is 19.1. The van der Waals surface area contributed by atoms with Gasteiger partial charge in [0.1, 0.15) is 12.3 Å². The van der Waals surface area contributed by atoms with Crippen molar-refractivity contribution in [1.82, 2.24) is 9.55 Å². The van der Waals surface area contributed by atoms with Crippen molar-refractivity contribution in [2.24, 2.45) is 0 Å². The molecule has 0 bridgehead atoms. The lowest BCUT2D eigenvalue weighted by Gasteiger charge is -2.13. The quantitative estimate of drug-likeness (QED) is 0.447. The summed E-state index contributed by atoms with van der Waals surface area (Å²) >= 11 is 0. The molecule has 35 heavy (non-hydrogen) atoms. The molecule has 1 aromatic heterocycles. The second kappa shape index (κ2) is 11.1. The number of ether oxygens (including phenoxy) is 4. The van der Waals surface area contributed by atoms with Crippen LogP contribution in [0, 0.1) is 5.82 Å². The van der Waals surface area contributed by atoms with Crippen LogP contribution in [0.5, 0.6) is 23.0 Å². The summed E-state index contributed by atoms with van der Waals surface area (Å²) in [6.07, 6.45) is 4.30. The molecule has 3 rings (SSSR count). The maximum Gasteiger partial charge on any atom is 0.328 e. The zero-order chi connectivity index (χ0) is 25.5. The molecular weight excluding hydrogens is 461 g/mol. The first-order chi connectivity index (χ1) is 16.8. The summed E-state index contributed by atoms with van der Waals surface area (Å²) in [5, 5.41) is 2.63. The van der Waals surface area contributed by atoms with Gasteiger partial charge in [0.2, 0.25) is 17.5 Å². The van der Waals surface area contributed by atoms with Gasteiger partial charge >= 0.3 is 5.69 Å². The minimum Gasteiger partial charge on any atom is -0.495 e. The Morgan fingerprint density at radius 1 is 0.943 bits per heavy atom. The lowest BCUT2D eigenvalue weighted by molar-refractivity contribution is -0.116. The maximum absolute atomic E-state index is 13.5. The van der Waals surface area contributed by atoms with E-state index in [0.29, 0.717) is 34.9 Å². The number of H-pyrrole nitrogens is 1. The topological polar surface area (TPSA) is 121 Å². The van der Waals surface area contributed by atoms with Gasteiger partial charge < -0.3 is 24.3 Å². The summed E-state index contributed by atoms with van der Waals surface area (Å²) < 4.78 is 35.6. The van der Waals surface area contributed by atoms with Crippen molar-refractivity contribution < 1.29 is 28.1 Å². The number of hydrogen-bond donors (Lipinski definition) is 2. The van der Waals surface area contributed by atoms with Crippen molar-refractivity contribution in [3.05, 3.63) is 74.3 Å². The SMILES string of the molecule is COc1ccc(/C=C\c2cc(OC)c(OC)c(OC)c2)cc1NC(=O)Cn1cc(F)c(=O)[nH]c1=O. The number of halogens is 1. The first-order valence-corrected chi connectivity index (χ1v) is 10.2. The first kappa shape index (κ1) is 25.1. The molecule has 11 heteroatoms. The summed E-state index contributed by atoms with van der Waals surface area (Å²) in [6.45, 7) is -0.513. The molecule has 0 aliphatic heterocycles. The monoisotopic (exact) mass is 485 g/mol. The number of aromatic amines is 1. The average molecular weight is 485 g/mol. The van der Waals surface area contributed by atoms with Crippen LogP contribution in [-0.4, -0.2) is 43.9 Å². The molecule has 0 spiro atoms. The van der Waals surface area contributed by atoms with E-state index in [1.54, 1.807) is 41.4 Å². The molecule has 0 saturated heterocycles. The van der Waals surface area contributed by atoms with E-state index < -0.39 is 29.5 Å². The fourth-order valence-corrected chi connectivity index (χ4v) is 3.26. The molecule has 0 saturated carbocycles. The van der Waals surface area contributed by atoms with E-state index in [4.69, 9.17) is 18.9 Å². The van der Waals surface area contributed by atoms with Gasteiger partial charge in [0.25, 0.3) is 5.56 Å². The Morgan fingerprint density at radius 2 is 1.57 bits per heavy atom. The van der Waals surface area contributed by atoms with Crippen LogP contribution in [0.25, 0.3) is 12.2 Å². The van der Waals surface area contributed by atoms with Crippen LogP contribution in [0.1, 0.15) is 11.1 Å². The standard InChI is InChI=1S/C24H24FN3O7/c1-32-18-8-7-14(5-6-15-10-19(33-2)22(35-4)20(11-15)34-3)9-17(18)26-21(29)13-28-12-16(25)23(30)27-24(28)31/h5-12H,13H2,1-4H3,(H,26,29)(H,27,30,31)/b6-5-. The number of methoxy groups -OCH3 is 4. The van der Waals surface area contributed by atoms with Crippen LogP contribution < -0.4 is 35.5 Å². The fourth-order valence-electron chi connectivity index (χ4n) is 3.26. The predicted molar refractivity (Wildman–Crippen MR) is 128 cm³/mol. The van der Waals surface area contributed by atoms with Gasteiger partial charge in [0.05, 0.1) is 40.3 Å². The van der Waals surface area contributed by atoms with E-state index >= 15 is 0 Å². The highest BCUT2D eigenvalue weighted by Crippen LogP contribution is 2.38. The number of rotatable bonds is 9. The summed E-state index contributed by atoms with van der Waals surface area (Å²) in [5.41, 5.74) is -0.217. The number of aromatic nitrogens is 2. The van der Waals surface area contributed by atoms with Crippen LogP contribution >= 0.6 is 0 Å². The molecule has 1 amide bonds. The van der Waals surface area contributed by atoms with Gasteiger partial charge in [-0.3, -0.25) is 19.1 Å². The Labute approximate surface area is 199 Å². The second-order valence-electron chi connectivity index (χ2n) is 7.16. The summed E-state index contributed by atoms with van der Waals surface area (Å²) in [4.78, 5) is 37.3. The second-order valence-corrected chi connectivity index (χ2v) is 7.16. The highest BCUT2D eigenvalue weighted by molar-refractivity contribution is 5.92. The van der Waals surface area contributed by atoms with E-state index in [1.807, 2.05) is 6.08 Å². The molecule has 1 heterocycles. The van der Waals surface area contributed by atoms with Crippen molar-refractivity contribution in [3.8, 4) is 23.0 Å². The normalized spacial score (nSPS) is 10.8. The minimum atomic E-state index is -1.17. The Morgan fingerprint density at radius 3 is 2.17 bits per heavy atom. The van der Waals surface area contributed by atoms with Crippen molar-refractivity contribution >= 4 is 23.7 Å². The van der Waals surface area contributed by atoms with E-state index in [1.165, 1.54) is 28.4 Å². The predicted octanol–water partition coefficient (Wildman–Crippen LogP) is 2.52. The van der Waals surface area contributed by atoms with Gasteiger partial charge in [0, 0.05) is 0 Å². The zero-order valence-electron chi connectivity index (χ0n) is 19.5. The molecule has 2 N–H and O–H groups in total. The molecule has 0 unspecified atom stereocenters. The summed E-state index contributed by atoms with van der Waals surface area (Å²) in [6, 6.07) is 8.68. The molecule has 0 fully saturated rings. The number of carbonyl (C=O) groups excluding carboxylic acids is 1. The van der Waals surface area contributed by atoms with Gasteiger partial charge in [0.15, 0.2) is 11.5 Å². The van der Waals surface area contributed by atoms with Gasteiger partial charge in [-0.1, -0.05) is 18.2 Å². The number of nitrogens with one attached hydrogen (secondary N) is 2. The summed E-state index contributed by atoms with van der Waals surface area (Å²) in [7, 11) is 6.02. The van der Waals surface area contributed by atoms with Gasteiger partial charge in [-0.2, -0.15) is 4.39 Å². The molecule has 10 nitrogen and oxygen atoms in total. The smallest absolute Gasteiger partial charge is 0.328 e. The van der Waals surface area contributed by atoms with E-state index in [0.717, 1.165) is 15.7 Å². The lowest BCUT2D eigenvalue weighted by Crippen LogP contribution is -2.34. The van der Waals surface area contributed by atoms with Crippen molar-refractivity contribution in [1.29, 1.82) is 0 Å². The third-order valence-electron chi connectivity index (χ3n) is 4.93. The molecule has 3 aromatic rings. The van der Waals surface area contributed by atoms with Crippen LogP contribution in [0.3, 0.4) is 0 Å². The number of anilines is 1. The largest absolute Gasteiger partial charge is 0.495 e. The Bertz CT molecular complexity index is 1350. The molecule has 0 atom stereocenters. The number of carbonyl (C=O) groups is 1. The van der Waals surface area contributed by atoms with Crippen LogP contribution in [0.4, 0.5) is 10.1 Å². The van der Waals surface area contributed by atoms with Gasteiger partial charge in [-0.15, -0.1) is 0 Å². The molecule has 2 aromatic carbocycles. The van der Waals surface area contributed by atoms with E-state index in [2.05, 4.69) is 5.32 Å². The molecule has 0 aliphatic carbocycles. The molecular formula is C24H24FN3O7. The average Bonchev–Trinajstić information content (AvgIpc) is 2.85.